The number of carboxylic acid groups (broad SMARTS) is 1. The van der Waals surface area contributed by atoms with E-state index in [-0.39, 0.29) is 29.2 Å². The Morgan fingerprint density at radius 2 is 2.05 bits per heavy atom. The van der Waals surface area contributed by atoms with Crippen LogP contribution in [0.1, 0.15) is 24.3 Å². The minimum atomic E-state index is -4.12. The summed E-state index contributed by atoms with van der Waals surface area (Å²) >= 11 is 0. The molecule has 0 bridgehead atoms. The van der Waals surface area contributed by atoms with Gasteiger partial charge in [-0.1, -0.05) is 5.16 Å². The van der Waals surface area contributed by atoms with E-state index in [1.54, 1.807) is 0 Å². The fourth-order valence-corrected chi connectivity index (χ4v) is 3.25. The number of esters is 1. The van der Waals surface area contributed by atoms with E-state index < -0.39 is 28.0 Å². The van der Waals surface area contributed by atoms with Crippen molar-refractivity contribution in [3.63, 3.8) is 0 Å². The van der Waals surface area contributed by atoms with Crippen LogP contribution in [0.4, 0.5) is 0 Å². The lowest BCUT2D eigenvalue weighted by atomic mass is 10.2. The van der Waals surface area contributed by atoms with E-state index >= 15 is 0 Å². The third-order valence-electron chi connectivity index (χ3n) is 2.70. The van der Waals surface area contributed by atoms with Gasteiger partial charge in [-0.15, -0.1) is 0 Å². The number of rotatable bonds is 7. The largest absolute Gasteiger partial charge is 0.480 e. The minimum Gasteiger partial charge on any atom is -0.480 e. The standard InChI is InChI=1S/C11H16N2O7S/c1-6-10(7(2)20-12-6)21(17,18)13-8(11(15)16)4-5-9(14)19-3/h8,13H,4-5H2,1-3H3,(H,15,16)/t8-/m0/s1. The van der Waals surface area contributed by atoms with Gasteiger partial charge >= 0.3 is 11.9 Å². The van der Waals surface area contributed by atoms with Gasteiger partial charge in [0.2, 0.25) is 10.0 Å². The molecule has 2 N–H and O–H groups in total. The van der Waals surface area contributed by atoms with E-state index in [0.29, 0.717) is 0 Å². The molecular weight excluding hydrogens is 304 g/mol. The summed E-state index contributed by atoms with van der Waals surface area (Å²) < 4.78 is 35.5. The van der Waals surface area contributed by atoms with Crippen molar-refractivity contribution in [3.8, 4) is 0 Å². The van der Waals surface area contributed by atoms with Crippen molar-refractivity contribution < 1.29 is 32.4 Å². The molecule has 1 rings (SSSR count). The maximum absolute atomic E-state index is 12.2. The molecule has 0 aliphatic rings. The summed E-state index contributed by atoms with van der Waals surface area (Å²) in [5, 5.41) is 12.5. The van der Waals surface area contributed by atoms with Gasteiger partial charge in [-0.25, -0.2) is 8.42 Å². The number of nitrogens with one attached hydrogen (secondary N) is 1. The molecule has 0 fully saturated rings. The predicted molar refractivity (Wildman–Crippen MR) is 69.0 cm³/mol. The zero-order valence-corrected chi connectivity index (χ0v) is 12.6. The summed E-state index contributed by atoms with van der Waals surface area (Å²) in [4.78, 5) is 21.9. The van der Waals surface area contributed by atoms with E-state index in [2.05, 4.69) is 9.89 Å². The fraction of sp³-hybridized carbons (Fsp3) is 0.545. The molecule has 1 heterocycles. The molecule has 1 aromatic heterocycles. The number of nitrogens with zero attached hydrogens (tertiary/aromatic N) is 1. The summed E-state index contributed by atoms with van der Waals surface area (Å²) in [6.07, 6.45) is -0.456. The number of carboxylic acids is 1. The van der Waals surface area contributed by atoms with Crippen molar-refractivity contribution >= 4 is 22.0 Å². The van der Waals surface area contributed by atoms with Crippen LogP contribution < -0.4 is 4.72 Å². The Labute approximate surface area is 121 Å². The predicted octanol–water partition coefficient (Wildman–Crippen LogP) is -0.0239. The molecule has 0 unspecified atom stereocenters. The van der Waals surface area contributed by atoms with Crippen molar-refractivity contribution in [2.24, 2.45) is 0 Å². The Morgan fingerprint density at radius 3 is 2.48 bits per heavy atom. The Morgan fingerprint density at radius 1 is 1.43 bits per heavy atom. The van der Waals surface area contributed by atoms with Crippen molar-refractivity contribution in [2.75, 3.05) is 7.11 Å². The molecule has 0 aromatic carbocycles. The third kappa shape index (κ3) is 4.26. The van der Waals surface area contributed by atoms with Crippen LogP contribution in [-0.4, -0.2) is 43.8 Å². The Balaban J connectivity index is 2.93. The molecule has 9 nitrogen and oxygen atoms in total. The van der Waals surface area contributed by atoms with E-state index in [1.807, 2.05) is 4.72 Å². The lowest BCUT2D eigenvalue weighted by Crippen LogP contribution is -2.41. The molecule has 118 valence electrons. The first-order valence-electron chi connectivity index (χ1n) is 5.94. The molecule has 21 heavy (non-hydrogen) atoms. The molecule has 0 amide bonds. The van der Waals surface area contributed by atoms with Crippen LogP contribution in [0.15, 0.2) is 9.42 Å². The maximum atomic E-state index is 12.2. The second-order valence-corrected chi connectivity index (χ2v) is 5.93. The van der Waals surface area contributed by atoms with Gasteiger partial charge in [-0.2, -0.15) is 4.72 Å². The molecule has 1 aromatic rings. The zero-order chi connectivity index (χ0) is 16.2. The first kappa shape index (κ1) is 17.1. The normalized spacial score (nSPS) is 12.9. The summed E-state index contributed by atoms with van der Waals surface area (Å²) in [5.41, 5.74) is 0.122. The number of aromatic nitrogens is 1. The van der Waals surface area contributed by atoms with Gasteiger partial charge in [0.25, 0.3) is 0 Å². The van der Waals surface area contributed by atoms with Crippen LogP contribution in [-0.2, 0) is 24.3 Å². The molecule has 10 heteroatoms. The van der Waals surface area contributed by atoms with Gasteiger partial charge in [-0.3, -0.25) is 9.59 Å². The van der Waals surface area contributed by atoms with E-state index in [0.717, 1.165) is 7.11 Å². The first-order chi connectivity index (χ1) is 9.69. The fourth-order valence-electron chi connectivity index (χ4n) is 1.70. The Kier molecular flexibility index (Phi) is 5.44. The highest BCUT2D eigenvalue weighted by Gasteiger charge is 2.30. The van der Waals surface area contributed by atoms with Crippen LogP contribution in [0.5, 0.6) is 0 Å². The zero-order valence-electron chi connectivity index (χ0n) is 11.7. The molecule has 0 saturated carbocycles. The van der Waals surface area contributed by atoms with E-state index in [4.69, 9.17) is 9.63 Å². The van der Waals surface area contributed by atoms with E-state index in [9.17, 15) is 18.0 Å². The van der Waals surface area contributed by atoms with Gasteiger partial charge in [0.05, 0.1) is 7.11 Å². The first-order valence-corrected chi connectivity index (χ1v) is 7.42. The van der Waals surface area contributed by atoms with Crippen LogP contribution in [0, 0.1) is 13.8 Å². The SMILES string of the molecule is COC(=O)CC[C@H](NS(=O)(=O)c1c(C)noc1C)C(=O)O. The average Bonchev–Trinajstić information content (AvgIpc) is 2.73. The van der Waals surface area contributed by atoms with Crippen molar-refractivity contribution in [3.05, 3.63) is 11.5 Å². The Bertz CT molecular complexity index is 615. The van der Waals surface area contributed by atoms with Gasteiger partial charge < -0.3 is 14.4 Å². The van der Waals surface area contributed by atoms with Crippen LogP contribution in [0.25, 0.3) is 0 Å². The number of aliphatic carboxylic acids is 1. The average molecular weight is 320 g/mol. The molecule has 0 aliphatic heterocycles. The summed E-state index contributed by atoms with van der Waals surface area (Å²) in [5.74, 6) is -1.97. The highest BCUT2D eigenvalue weighted by molar-refractivity contribution is 7.89. The molecular formula is C11H16N2O7S. The van der Waals surface area contributed by atoms with Crippen LogP contribution in [0.2, 0.25) is 0 Å². The monoisotopic (exact) mass is 320 g/mol. The highest BCUT2D eigenvalue weighted by Crippen LogP contribution is 2.19. The third-order valence-corrected chi connectivity index (χ3v) is 4.41. The minimum absolute atomic E-state index is 0.0529. The van der Waals surface area contributed by atoms with Gasteiger partial charge in [0, 0.05) is 6.42 Å². The maximum Gasteiger partial charge on any atom is 0.321 e. The van der Waals surface area contributed by atoms with Crippen LogP contribution >= 0.6 is 0 Å². The lowest BCUT2D eigenvalue weighted by molar-refractivity contribution is -0.142. The van der Waals surface area contributed by atoms with Crippen molar-refractivity contribution in [1.29, 1.82) is 0 Å². The number of carbonyl (C=O) groups is 2. The highest BCUT2D eigenvalue weighted by atomic mass is 32.2. The summed E-state index contributed by atoms with van der Waals surface area (Å²) in [6, 6.07) is -1.46. The topological polar surface area (TPSA) is 136 Å². The Hall–Kier alpha value is -1.94. The van der Waals surface area contributed by atoms with Crippen LogP contribution in [0.3, 0.4) is 0 Å². The smallest absolute Gasteiger partial charge is 0.321 e. The quantitative estimate of drug-likeness (QED) is 0.669. The summed E-state index contributed by atoms with van der Waals surface area (Å²) in [6.45, 7) is 2.83. The van der Waals surface area contributed by atoms with Gasteiger partial charge in [0.1, 0.15) is 16.6 Å². The molecule has 0 aliphatic carbocycles. The number of ether oxygens (including phenoxy) is 1. The number of carbonyl (C=O) groups excluding carboxylic acids is 1. The number of hydrogen-bond donors (Lipinski definition) is 2. The second kappa shape index (κ2) is 6.68. The van der Waals surface area contributed by atoms with Crippen molar-refractivity contribution in [1.82, 2.24) is 9.88 Å². The second-order valence-electron chi connectivity index (χ2n) is 4.28. The van der Waals surface area contributed by atoms with E-state index in [1.165, 1.54) is 13.8 Å². The lowest BCUT2D eigenvalue weighted by Gasteiger charge is -2.14. The number of aryl methyl sites for hydroxylation is 2. The number of sulfonamides is 1. The van der Waals surface area contributed by atoms with Gasteiger partial charge in [0.15, 0.2) is 5.76 Å². The number of hydrogen-bond acceptors (Lipinski definition) is 7. The summed E-state index contributed by atoms with van der Waals surface area (Å²) in [7, 11) is -2.96. The molecule has 0 radical (unpaired) electrons. The number of methoxy groups -OCH3 is 1. The molecule has 0 saturated heterocycles. The molecule has 1 atom stereocenters. The van der Waals surface area contributed by atoms with Gasteiger partial charge in [-0.05, 0) is 20.3 Å². The van der Waals surface area contributed by atoms with Crippen molar-refractivity contribution in [2.45, 2.75) is 37.6 Å². The molecule has 0 spiro atoms.